The average molecular weight is 413 g/mol. The van der Waals surface area contributed by atoms with Crippen molar-refractivity contribution in [3.05, 3.63) is 81.8 Å². The van der Waals surface area contributed by atoms with Gasteiger partial charge in [0.25, 0.3) is 0 Å². The molecule has 6 heteroatoms. The second kappa shape index (κ2) is 7.73. The van der Waals surface area contributed by atoms with Gasteiger partial charge in [-0.1, -0.05) is 48.0 Å². The summed E-state index contributed by atoms with van der Waals surface area (Å²) in [5.74, 6) is -1.39. The van der Waals surface area contributed by atoms with Crippen molar-refractivity contribution in [2.75, 3.05) is 14.1 Å². The van der Waals surface area contributed by atoms with Crippen LogP contribution in [0.2, 0.25) is 5.02 Å². The molecule has 1 aliphatic heterocycles. The zero-order chi connectivity index (χ0) is 20.7. The zero-order valence-corrected chi connectivity index (χ0v) is 17.1. The second-order valence-electron chi connectivity index (χ2n) is 7.74. The quantitative estimate of drug-likeness (QED) is 0.735. The highest BCUT2D eigenvalue weighted by atomic mass is 35.5. The Morgan fingerprint density at radius 2 is 1.72 bits per heavy atom. The van der Waals surface area contributed by atoms with Crippen molar-refractivity contribution in [1.29, 1.82) is 0 Å². The Bertz CT molecular complexity index is 983. The zero-order valence-electron chi connectivity index (χ0n) is 16.4. The normalized spacial score (nSPS) is 22.3. The Balaban J connectivity index is 1.86. The highest BCUT2D eigenvalue weighted by Gasteiger charge is 2.43. The molecule has 2 aromatic carbocycles. The minimum absolute atomic E-state index is 0.0133. The van der Waals surface area contributed by atoms with Crippen LogP contribution in [-0.2, 0) is 9.59 Å². The molecule has 150 valence electrons. The van der Waals surface area contributed by atoms with E-state index in [0.717, 1.165) is 5.56 Å². The van der Waals surface area contributed by atoms with E-state index in [9.17, 15) is 14.0 Å². The molecule has 2 aromatic rings. The summed E-state index contributed by atoms with van der Waals surface area (Å²) in [7, 11) is 3.55. The topological polar surface area (TPSA) is 40.6 Å². The number of carbonyl (C=O) groups excluding carboxylic acids is 2. The fourth-order valence-corrected chi connectivity index (χ4v) is 4.83. The monoisotopic (exact) mass is 412 g/mol. The van der Waals surface area contributed by atoms with Crippen LogP contribution in [0.25, 0.3) is 0 Å². The lowest BCUT2D eigenvalue weighted by Crippen LogP contribution is -2.48. The molecule has 4 nitrogen and oxygen atoms in total. The van der Waals surface area contributed by atoms with Gasteiger partial charge in [-0.25, -0.2) is 14.4 Å². The van der Waals surface area contributed by atoms with Crippen LogP contribution in [0.3, 0.4) is 0 Å². The van der Waals surface area contributed by atoms with Crippen molar-refractivity contribution < 1.29 is 14.0 Å². The first-order valence-electron chi connectivity index (χ1n) is 9.63. The van der Waals surface area contributed by atoms with E-state index >= 15 is 0 Å². The number of benzene rings is 2. The SMILES string of the molecule is CN(C)N1C(=O)C[C@@H](c2c(F)cccc2Cl)C2=C1C[C@H](c1ccccc1)CC2=O. The number of hydrogen-bond acceptors (Lipinski definition) is 3. The van der Waals surface area contributed by atoms with E-state index in [1.165, 1.54) is 12.1 Å². The molecule has 4 rings (SSSR count). The maximum atomic E-state index is 14.7. The van der Waals surface area contributed by atoms with Crippen LogP contribution in [0, 0.1) is 5.82 Å². The average Bonchev–Trinajstić information content (AvgIpc) is 2.67. The number of amides is 1. The smallest absolute Gasteiger partial charge is 0.242 e. The van der Waals surface area contributed by atoms with Crippen molar-refractivity contribution in [1.82, 2.24) is 10.0 Å². The standard InChI is InChI=1S/C23H22ClFN2O2/c1-26(2)27-19-11-15(14-7-4-3-5-8-14)12-20(28)23(19)16(13-21(27)29)22-17(24)9-6-10-18(22)25/h3-10,15-16H,11-13H2,1-2H3/t15-,16-/m0/s1. The maximum absolute atomic E-state index is 14.7. The van der Waals surface area contributed by atoms with Gasteiger partial charge in [0, 0.05) is 54.7 Å². The molecule has 0 saturated heterocycles. The lowest BCUT2D eigenvalue weighted by molar-refractivity contribution is -0.143. The molecule has 0 N–H and O–H groups in total. The van der Waals surface area contributed by atoms with Gasteiger partial charge in [-0.05, 0) is 30.0 Å². The molecule has 2 aliphatic rings. The molecule has 0 saturated carbocycles. The van der Waals surface area contributed by atoms with Crippen LogP contribution in [-0.4, -0.2) is 35.8 Å². The van der Waals surface area contributed by atoms with Crippen molar-refractivity contribution in [2.24, 2.45) is 0 Å². The summed E-state index contributed by atoms with van der Waals surface area (Å²) < 4.78 is 14.7. The number of hydrazine groups is 1. The third kappa shape index (κ3) is 3.49. The van der Waals surface area contributed by atoms with Crippen LogP contribution in [0.5, 0.6) is 0 Å². The predicted octanol–water partition coefficient (Wildman–Crippen LogP) is 4.67. The van der Waals surface area contributed by atoms with Gasteiger partial charge in [0.1, 0.15) is 5.82 Å². The summed E-state index contributed by atoms with van der Waals surface area (Å²) in [4.78, 5) is 26.3. The van der Waals surface area contributed by atoms with E-state index in [1.807, 2.05) is 30.3 Å². The summed E-state index contributed by atoms with van der Waals surface area (Å²) in [6.45, 7) is 0. The number of hydrogen-bond donors (Lipinski definition) is 0. The highest BCUT2D eigenvalue weighted by Crippen LogP contribution is 2.47. The van der Waals surface area contributed by atoms with Crippen molar-refractivity contribution in [2.45, 2.75) is 31.1 Å². The van der Waals surface area contributed by atoms with Gasteiger partial charge in [-0.3, -0.25) is 9.59 Å². The molecule has 1 heterocycles. The van der Waals surface area contributed by atoms with E-state index < -0.39 is 11.7 Å². The Labute approximate surface area is 174 Å². The van der Waals surface area contributed by atoms with E-state index in [4.69, 9.17) is 11.6 Å². The van der Waals surface area contributed by atoms with E-state index in [0.29, 0.717) is 24.1 Å². The van der Waals surface area contributed by atoms with Gasteiger partial charge in [0.2, 0.25) is 5.91 Å². The molecule has 0 fully saturated rings. The molecule has 0 aromatic heterocycles. The van der Waals surface area contributed by atoms with E-state index in [1.54, 1.807) is 30.2 Å². The fourth-order valence-electron chi connectivity index (χ4n) is 4.54. The first-order chi connectivity index (χ1) is 13.9. The number of Topliss-reactive ketones (excluding diaryl/α,β-unsaturated/α-hetero) is 1. The summed E-state index contributed by atoms with van der Waals surface area (Å²) in [5.41, 5.74) is 2.46. The number of allylic oxidation sites excluding steroid dienone is 2. The molecule has 1 aliphatic carbocycles. The predicted molar refractivity (Wildman–Crippen MR) is 110 cm³/mol. The van der Waals surface area contributed by atoms with E-state index in [-0.39, 0.29) is 34.6 Å². The summed E-state index contributed by atoms with van der Waals surface area (Å²) in [6, 6.07) is 14.3. The molecular formula is C23H22ClFN2O2. The minimum Gasteiger partial charge on any atom is -0.294 e. The number of rotatable bonds is 3. The summed E-state index contributed by atoms with van der Waals surface area (Å²) in [6.07, 6.45) is 0.887. The van der Waals surface area contributed by atoms with Gasteiger partial charge >= 0.3 is 0 Å². The minimum atomic E-state index is -0.661. The van der Waals surface area contributed by atoms with Crippen LogP contribution in [0.4, 0.5) is 4.39 Å². The second-order valence-corrected chi connectivity index (χ2v) is 8.15. The molecule has 0 bridgehead atoms. The Morgan fingerprint density at radius 3 is 2.38 bits per heavy atom. The van der Waals surface area contributed by atoms with Gasteiger partial charge < -0.3 is 0 Å². The molecular weight excluding hydrogens is 391 g/mol. The highest BCUT2D eigenvalue weighted by molar-refractivity contribution is 6.31. The Kier molecular flexibility index (Phi) is 5.28. The third-order valence-corrected chi connectivity index (χ3v) is 6.05. The van der Waals surface area contributed by atoms with Gasteiger partial charge in [-0.2, -0.15) is 0 Å². The van der Waals surface area contributed by atoms with Crippen molar-refractivity contribution >= 4 is 23.3 Å². The van der Waals surface area contributed by atoms with Crippen LogP contribution in [0.15, 0.2) is 59.8 Å². The molecule has 0 spiro atoms. The van der Waals surface area contributed by atoms with Crippen molar-refractivity contribution in [3.8, 4) is 0 Å². The lowest BCUT2D eigenvalue weighted by Gasteiger charge is -2.42. The number of ketones is 1. The summed E-state index contributed by atoms with van der Waals surface area (Å²) >= 11 is 6.30. The number of nitrogens with zero attached hydrogens (tertiary/aromatic N) is 2. The fraction of sp³-hybridized carbons (Fsp3) is 0.304. The van der Waals surface area contributed by atoms with Crippen LogP contribution in [0.1, 0.15) is 42.2 Å². The van der Waals surface area contributed by atoms with Gasteiger partial charge in [0.05, 0.1) is 0 Å². The third-order valence-electron chi connectivity index (χ3n) is 5.72. The molecule has 29 heavy (non-hydrogen) atoms. The Hall–Kier alpha value is -2.50. The molecule has 0 unspecified atom stereocenters. The summed E-state index contributed by atoms with van der Waals surface area (Å²) in [5, 5.41) is 3.50. The lowest BCUT2D eigenvalue weighted by atomic mass is 9.73. The molecule has 2 atom stereocenters. The number of halogens is 2. The van der Waals surface area contributed by atoms with Crippen LogP contribution < -0.4 is 0 Å². The number of carbonyl (C=O) groups is 2. The van der Waals surface area contributed by atoms with E-state index in [2.05, 4.69) is 0 Å². The Morgan fingerprint density at radius 1 is 1.00 bits per heavy atom. The van der Waals surface area contributed by atoms with Crippen LogP contribution >= 0.6 is 11.6 Å². The van der Waals surface area contributed by atoms with Gasteiger partial charge in [-0.15, -0.1) is 0 Å². The molecule has 1 amide bonds. The molecule has 0 radical (unpaired) electrons. The van der Waals surface area contributed by atoms with Gasteiger partial charge in [0.15, 0.2) is 5.78 Å². The first-order valence-corrected chi connectivity index (χ1v) is 10.0. The van der Waals surface area contributed by atoms with Crippen molar-refractivity contribution in [3.63, 3.8) is 0 Å². The first kappa shape index (κ1) is 19.8. The largest absolute Gasteiger partial charge is 0.294 e. The maximum Gasteiger partial charge on any atom is 0.242 e.